The first-order chi connectivity index (χ1) is 6.56. The van der Waals surface area contributed by atoms with Gasteiger partial charge in [-0.3, -0.25) is 0 Å². The van der Waals surface area contributed by atoms with Gasteiger partial charge in [0.15, 0.2) is 0 Å². The molecule has 0 aliphatic heterocycles. The Hall–Kier alpha value is -1.66. The topological polar surface area (TPSA) is 56.0 Å². The van der Waals surface area contributed by atoms with Crippen LogP contribution in [-0.4, -0.2) is 9.91 Å². The number of halogens is 3. The van der Waals surface area contributed by atoms with Crippen molar-refractivity contribution in [2.75, 3.05) is 0 Å². The summed E-state index contributed by atoms with van der Waals surface area (Å²) in [5.74, 6) is -0.711. The Morgan fingerprint density at radius 1 is 1.50 bits per heavy atom. The van der Waals surface area contributed by atoms with E-state index in [1.54, 1.807) is 0 Å². The smallest absolute Gasteiger partial charge is 0.358 e. The van der Waals surface area contributed by atoms with E-state index in [2.05, 4.69) is 4.98 Å². The van der Waals surface area contributed by atoms with Gasteiger partial charge in [0.2, 0.25) is 5.69 Å². The van der Waals surface area contributed by atoms with E-state index in [4.69, 9.17) is 0 Å². The third-order valence-electron chi connectivity index (χ3n) is 1.54. The van der Waals surface area contributed by atoms with Crippen LogP contribution in [-0.2, 0) is 6.67 Å². The highest BCUT2D eigenvalue weighted by Gasteiger charge is 2.23. The standard InChI is InChI=1S/C7H5F3N2O2/c8-3-4-1-2-5(12(13)14)11-6(4)7(9)10/h1-2,7H,3H2. The molecule has 0 amide bonds. The maximum absolute atomic E-state index is 12.2. The molecule has 0 N–H and O–H groups in total. The molecular formula is C7H5F3N2O2. The van der Waals surface area contributed by atoms with Crippen molar-refractivity contribution in [1.29, 1.82) is 0 Å². The summed E-state index contributed by atoms with van der Waals surface area (Å²) in [6.45, 7) is -1.12. The molecule has 7 heteroatoms. The predicted octanol–water partition coefficient (Wildman–Crippen LogP) is 2.40. The molecule has 76 valence electrons. The quantitative estimate of drug-likeness (QED) is 0.563. The van der Waals surface area contributed by atoms with Crippen molar-refractivity contribution in [2.24, 2.45) is 0 Å². The second-order valence-corrected chi connectivity index (χ2v) is 2.41. The van der Waals surface area contributed by atoms with Gasteiger partial charge in [-0.25, -0.2) is 13.2 Å². The Bertz CT molecular complexity index is 357. The minimum atomic E-state index is -3.01. The lowest BCUT2D eigenvalue weighted by molar-refractivity contribution is -0.389. The normalized spacial score (nSPS) is 10.6. The van der Waals surface area contributed by atoms with Crippen LogP contribution in [0.25, 0.3) is 0 Å². The minimum Gasteiger partial charge on any atom is -0.358 e. The van der Waals surface area contributed by atoms with E-state index in [1.807, 2.05) is 0 Å². The zero-order valence-corrected chi connectivity index (χ0v) is 6.78. The molecule has 4 nitrogen and oxygen atoms in total. The van der Waals surface area contributed by atoms with Crippen LogP contribution in [0.1, 0.15) is 17.7 Å². The van der Waals surface area contributed by atoms with Crippen LogP contribution in [0.5, 0.6) is 0 Å². The molecule has 0 saturated heterocycles. The van der Waals surface area contributed by atoms with E-state index in [0.29, 0.717) is 0 Å². The number of nitrogens with zero attached hydrogens (tertiary/aromatic N) is 2. The van der Waals surface area contributed by atoms with E-state index in [0.717, 1.165) is 12.1 Å². The first kappa shape index (κ1) is 10.4. The van der Waals surface area contributed by atoms with Crippen molar-refractivity contribution >= 4 is 5.82 Å². The summed E-state index contributed by atoms with van der Waals surface area (Å²) >= 11 is 0. The Balaban J connectivity index is 3.20. The van der Waals surface area contributed by atoms with Gasteiger partial charge >= 0.3 is 12.2 Å². The lowest BCUT2D eigenvalue weighted by atomic mass is 10.2. The van der Waals surface area contributed by atoms with Crippen LogP contribution in [0.3, 0.4) is 0 Å². The summed E-state index contributed by atoms with van der Waals surface area (Å²) in [5.41, 5.74) is -1.20. The van der Waals surface area contributed by atoms with Crippen LogP contribution >= 0.6 is 0 Å². The maximum atomic E-state index is 12.2. The van der Waals surface area contributed by atoms with Gasteiger partial charge in [-0.05, 0) is 16.0 Å². The Kier molecular flexibility index (Phi) is 3.00. The third-order valence-corrected chi connectivity index (χ3v) is 1.54. The summed E-state index contributed by atoms with van der Waals surface area (Å²) in [6.07, 6.45) is -3.01. The van der Waals surface area contributed by atoms with Gasteiger partial charge in [0.1, 0.15) is 6.67 Å². The highest BCUT2D eigenvalue weighted by atomic mass is 19.3. The highest BCUT2D eigenvalue weighted by Crippen LogP contribution is 2.23. The summed E-state index contributed by atoms with van der Waals surface area (Å²) in [6, 6.07) is 1.83. The largest absolute Gasteiger partial charge is 0.363 e. The fourth-order valence-corrected chi connectivity index (χ4v) is 0.897. The monoisotopic (exact) mass is 206 g/mol. The second kappa shape index (κ2) is 4.03. The minimum absolute atomic E-state index is 0.328. The Morgan fingerprint density at radius 3 is 2.57 bits per heavy atom. The average molecular weight is 206 g/mol. The molecule has 14 heavy (non-hydrogen) atoms. The fourth-order valence-electron chi connectivity index (χ4n) is 0.897. The molecule has 1 aromatic rings. The zero-order valence-electron chi connectivity index (χ0n) is 6.78. The van der Waals surface area contributed by atoms with E-state index >= 15 is 0 Å². The molecule has 0 aliphatic rings. The molecule has 1 heterocycles. The number of aromatic nitrogens is 1. The van der Waals surface area contributed by atoms with E-state index < -0.39 is 29.5 Å². The summed E-state index contributed by atoms with van der Waals surface area (Å²) in [5, 5.41) is 10.2. The fraction of sp³-hybridized carbons (Fsp3) is 0.286. The molecule has 0 aromatic carbocycles. The first-order valence-corrected chi connectivity index (χ1v) is 3.54. The van der Waals surface area contributed by atoms with Crippen molar-refractivity contribution in [3.05, 3.63) is 33.5 Å². The van der Waals surface area contributed by atoms with Crippen molar-refractivity contribution < 1.29 is 18.1 Å². The van der Waals surface area contributed by atoms with E-state index in [-0.39, 0.29) is 5.56 Å². The molecule has 0 spiro atoms. The highest BCUT2D eigenvalue weighted by molar-refractivity contribution is 5.29. The predicted molar refractivity (Wildman–Crippen MR) is 40.7 cm³/mol. The number of hydrogen-bond donors (Lipinski definition) is 0. The van der Waals surface area contributed by atoms with Gasteiger partial charge in [0.05, 0.1) is 0 Å². The van der Waals surface area contributed by atoms with Crippen LogP contribution in [0.2, 0.25) is 0 Å². The van der Waals surface area contributed by atoms with E-state index in [9.17, 15) is 23.3 Å². The maximum Gasteiger partial charge on any atom is 0.363 e. The number of hydrogen-bond acceptors (Lipinski definition) is 3. The summed E-state index contributed by atoms with van der Waals surface area (Å²) in [7, 11) is 0. The molecule has 1 aromatic heterocycles. The SMILES string of the molecule is O=[N+]([O-])c1ccc(CF)c(C(F)F)n1. The van der Waals surface area contributed by atoms with Gasteiger partial charge < -0.3 is 10.1 Å². The number of rotatable bonds is 3. The molecular weight excluding hydrogens is 201 g/mol. The van der Waals surface area contributed by atoms with Crippen molar-refractivity contribution in [3.8, 4) is 0 Å². The number of pyridine rings is 1. The lowest BCUT2D eigenvalue weighted by Gasteiger charge is -1.99. The van der Waals surface area contributed by atoms with Gasteiger partial charge in [-0.15, -0.1) is 0 Å². The van der Waals surface area contributed by atoms with Crippen molar-refractivity contribution in [1.82, 2.24) is 4.98 Å². The third kappa shape index (κ3) is 1.98. The van der Waals surface area contributed by atoms with Crippen LogP contribution < -0.4 is 0 Å². The lowest BCUT2D eigenvalue weighted by Crippen LogP contribution is -2.01. The van der Waals surface area contributed by atoms with Gasteiger partial charge in [0, 0.05) is 11.6 Å². The van der Waals surface area contributed by atoms with Crippen molar-refractivity contribution in [3.63, 3.8) is 0 Å². The zero-order chi connectivity index (χ0) is 10.7. The molecule has 0 aliphatic carbocycles. The molecule has 0 saturated carbocycles. The Labute approximate surface area is 76.5 Å². The Morgan fingerprint density at radius 2 is 2.14 bits per heavy atom. The van der Waals surface area contributed by atoms with Crippen LogP contribution in [0.4, 0.5) is 19.0 Å². The molecule has 0 fully saturated rings. The second-order valence-electron chi connectivity index (χ2n) is 2.41. The average Bonchev–Trinajstić information content (AvgIpc) is 2.16. The molecule has 0 unspecified atom stereocenters. The first-order valence-electron chi connectivity index (χ1n) is 3.54. The number of nitro groups is 1. The molecule has 1 rings (SSSR count). The summed E-state index contributed by atoms with van der Waals surface area (Å²) in [4.78, 5) is 12.3. The summed E-state index contributed by atoms with van der Waals surface area (Å²) < 4.78 is 36.5. The molecule has 0 radical (unpaired) electrons. The van der Waals surface area contributed by atoms with Crippen LogP contribution in [0.15, 0.2) is 12.1 Å². The van der Waals surface area contributed by atoms with Gasteiger partial charge in [-0.1, -0.05) is 0 Å². The number of alkyl halides is 3. The van der Waals surface area contributed by atoms with Crippen molar-refractivity contribution in [2.45, 2.75) is 13.1 Å². The molecule has 0 atom stereocenters. The van der Waals surface area contributed by atoms with E-state index in [1.165, 1.54) is 0 Å². The van der Waals surface area contributed by atoms with Gasteiger partial charge in [0.25, 0.3) is 0 Å². The molecule has 0 bridgehead atoms. The van der Waals surface area contributed by atoms with Crippen LogP contribution in [0, 0.1) is 10.1 Å². The van der Waals surface area contributed by atoms with Gasteiger partial charge in [-0.2, -0.15) is 0 Å².